The molecule has 0 radical (unpaired) electrons. The van der Waals surface area contributed by atoms with Crippen LogP contribution < -0.4 is 0 Å². The first-order valence-corrected chi connectivity index (χ1v) is 10.2. The first-order valence-electron chi connectivity index (χ1n) is 9.28. The number of carbonyl (C=O) groups excluding carboxylic acids is 1. The summed E-state index contributed by atoms with van der Waals surface area (Å²) < 4.78 is 0. The SMILES string of the molecule is O=C(Cc1csc(CN2CCCCC2)n1)N1CCc2ccccc2C1. The number of likely N-dealkylation sites (tertiary alicyclic amines) is 1. The molecule has 1 fully saturated rings. The van der Waals surface area contributed by atoms with Crippen LogP contribution in [0.5, 0.6) is 0 Å². The van der Waals surface area contributed by atoms with E-state index in [1.165, 1.54) is 43.5 Å². The summed E-state index contributed by atoms with van der Waals surface area (Å²) >= 11 is 1.70. The van der Waals surface area contributed by atoms with Crippen LogP contribution in [0.25, 0.3) is 0 Å². The minimum Gasteiger partial charge on any atom is -0.338 e. The fourth-order valence-corrected chi connectivity index (χ4v) is 4.62. The third-order valence-corrected chi connectivity index (χ3v) is 6.10. The Kier molecular flexibility index (Phi) is 5.13. The predicted molar refractivity (Wildman–Crippen MR) is 101 cm³/mol. The normalized spacial score (nSPS) is 18.2. The Morgan fingerprint density at radius 1 is 1.08 bits per heavy atom. The van der Waals surface area contributed by atoms with E-state index in [1.54, 1.807) is 11.3 Å². The van der Waals surface area contributed by atoms with Gasteiger partial charge >= 0.3 is 0 Å². The van der Waals surface area contributed by atoms with Crippen LogP contribution >= 0.6 is 11.3 Å². The highest BCUT2D eigenvalue weighted by atomic mass is 32.1. The smallest absolute Gasteiger partial charge is 0.228 e. The van der Waals surface area contributed by atoms with Gasteiger partial charge in [0.1, 0.15) is 5.01 Å². The maximum Gasteiger partial charge on any atom is 0.228 e. The first kappa shape index (κ1) is 16.7. The standard InChI is InChI=1S/C20H25N3OS/c24-20(23-11-8-16-6-2-3-7-17(16)13-23)12-18-15-25-19(21-18)14-22-9-4-1-5-10-22/h2-3,6-7,15H,1,4-5,8-14H2. The third-order valence-electron chi connectivity index (χ3n) is 5.22. The average Bonchev–Trinajstić information content (AvgIpc) is 3.09. The Balaban J connectivity index is 1.34. The second-order valence-corrected chi connectivity index (χ2v) is 8.02. The number of rotatable bonds is 4. The molecule has 0 saturated carbocycles. The molecule has 1 aromatic heterocycles. The van der Waals surface area contributed by atoms with E-state index in [0.717, 1.165) is 36.8 Å². The van der Waals surface area contributed by atoms with Gasteiger partial charge < -0.3 is 4.90 Å². The molecule has 1 saturated heterocycles. The van der Waals surface area contributed by atoms with Gasteiger partial charge in [-0.05, 0) is 43.5 Å². The summed E-state index contributed by atoms with van der Waals surface area (Å²) in [7, 11) is 0. The van der Waals surface area contributed by atoms with Crippen molar-refractivity contribution in [3.05, 3.63) is 51.5 Å². The Hall–Kier alpha value is -1.72. The first-order chi connectivity index (χ1) is 12.3. The Morgan fingerprint density at radius 3 is 2.72 bits per heavy atom. The van der Waals surface area contributed by atoms with Gasteiger partial charge in [-0.3, -0.25) is 9.69 Å². The van der Waals surface area contributed by atoms with E-state index in [4.69, 9.17) is 4.98 Å². The van der Waals surface area contributed by atoms with E-state index in [9.17, 15) is 4.79 Å². The molecule has 0 N–H and O–H groups in total. The molecular weight excluding hydrogens is 330 g/mol. The van der Waals surface area contributed by atoms with Crippen molar-refractivity contribution in [2.75, 3.05) is 19.6 Å². The van der Waals surface area contributed by atoms with Gasteiger partial charge in [-0.15, -0.1) is 11.3 Å². The molecule has 0 aliphatic carbocycles. The molecule has 0 spiro atoms. The van der Waals surface area contributed by atoms with Crippen molar-refractivity contribution in [3.63, 3.8) is 0 Å². The number of thiazole rings is 1. The molecule has 2 aromatic rings. The van der Waals surface area contributed by atoms with E-state index in [2.05, 4.69) is 34.5 Å². The van der Waals surface area contributed by atoms with Gasteiger partial charge in [0.2, 0.25) is 5.91 Å². The van der Waals surface area contributed by atoms with E-state index in [0.29, 0.717) is 6.42 Å². The monoisotopic (exact) mass is 355 g/mol. The summed E-state index contributed by atoms with van der Waals surface area (Å²) in [6.07, 6.45) is 5.34. The van der Waals surface area contributed by atoms with Crippen molar-refractivity contribution in [3.8, 4) is 0 Å². The molecule has 5 heteroatoms. The number of hydrogen-bond donors (Lipinski definition) is 0. The summed E-state index contributed by atoms with van der Waals surface area (Å²) in [6.45, 7) is 4.86. The number of piperidine rings is 1. The minimum atomic E-state index is 0.198. The molecule has 4 rings (SSSR count). The highest BCUT2D eigenvalue weighted by molar-refractivity contribution is 7.09. The molecule has 3 heterocycles. The van der Waals surface area contributed by atoms with Crippen molar-refractivity contribution in [2.45, 2.75) is 45.2 Å². The van der Waals surface area contributed by atoms with Crippen LogP contribution in [-0.2, 0) is 30.7 Å². The molecule has 1 aromatic carbocycles. The van der Waals surface area contributed by atoms with E-state index < -0.39 is 0 Å². The molecule has 25 heavy (non-hydrogen) atoms. The summed E-state index contributed by atoms with van der Waals surface area (Å²) in [6, 6.07) is 8.44. The molecule has 0 unspecified atom stereocenters. The zero-order chi connectivity index (χ0) is 17.1. The molecule has 132 valence electrons. The fourth-order valence-electron chi connectivity index (χ4n) is 3.79. The predicted octanol–water partition coefficient (Wildman–Crippen LogP) is 3.26. The zero-order valence-corrected chi connectivity index (χ0v) is 15.4. The summed E-state index contributed by atoms with van der Waals surface area (Å²) in [5.74, 6) is 0.198. The van der Waals surface area contributed by atoms with Crippen molar-refractivity contribution in [2.24, 2.45) is 0 Å². The van der Waals surface area contributed by atoms with Crippen LogP contribution in [0.4, 0.5) is 0 Å². The molecular formula is C20H25N3OS. The maximum atomic E-state index is 12.7. The molecule has 2 aliphatic rings. The van der Waals surface area contributed by atoms with Gasteiger partial charge in [-0.1, -0.05) is 30.7 Å². The number of fused-ring (bicyclic) bond motifs is 1. The van der Waals surface area contributed by atoms with Crippen LogP contribution in [0.2, 0.25) is 0 Å². The highest BCUT2D eigenvalue weighted by Gasteiger charge is 2.21. The number of benzene rings is 1. The van der Waals surface area contributed by atoms with E-state index in [-0.39, 0.29) is 5.91 Å². The number of amides is 1. The van der Waals surface area contributed by atoms with Crippen LogP contribution in [0.15, 0.2) is 29.6 Å². The zero-order valence-electron chi connectivity index (χ0n) is 14.6. The third kappa shape index (κ3) is 4.10. The Morgan fingerprint density at radius 2 is 1.88 bits per heavy atom. The lowest BCUT2D eigenvalue weighted by molar-refractivity contribution is -0.131. The second-order valence-electron chi connectivity index (χ2n) is 7.08. The van der Waals surface area contributed by atoms with Gasteiger partial charge in [0.25, 0.3) is 0 Å². The number of carbonyl (C=O) groups is 1. The topological polar surface area (TPSA) is 36.4 Å². The lowest BCUT2D eigenvalue weighted by Gasteiger charge is -2.28. The summed E-state index contributed by atoms with van der Waals surface area (Å²) in [5.41, 5.74) is 3.59. The molecule has 4 nitrogen and oxygen atoms in total. The van der Waals surface area contributed by atoms with Gasteiger partial charge in [0, 0.05) is 18.5 Å². The van der Waals surface area contributed by atoms with Crippen molar-refractivity contribution in [1.29, 1.82) is 0 Å². The fraction of sp³-hybridized carbons (Fsp3) is 0.500. The molecule has 0 bridgehead atoms. The Labute approximate surface area is 153 Å². The maximum absolute atomic E-state index is 12.7. The van der Waals surface area contributed by atoms with Crippen molar-refractivity contribution in [1.82, 2.24) is 14.8 Å². The second kappa shape index (κ2) is 7.67. The van der Waals surface area contributed by atoms with Gasteiger partial charge in [0.05, 0.1) is 18.7 Å². The molecule has 2 aliphatic heterocycles. The van der Waals surface area contributed by atoms with Gasteiger partial charge in [0.15, 0.2) is 0 Å². The van der Waals surface area contributed by atoms with Crippen LogP contribution in [0, 0.1) is 0 Å². The van der Waals surface area contributed by atoms with Crippen molar-refractivity contribution >= 4 is 17.2 Å². The Bertz CT molecular complexity index is 736. The number of aromatic nitrogens is 1. The summed E-state index contributed by atoms with van der Waals surface area (Å²) in [4.78, 5) is 21.8. The van der Waals surface area contributed by atoms with Crippen LogP contribution in [0.3, 0.4) is 0 Å². The van der Waals surface area contributed by atoms with E-state index in [1.807, 2.05) is 4.90 Å². The lowest BCUT2D eigenvalue weighted by atomic mass is 10.00. The van der Waals surface area contributed by atoms with E-state index >= 15 is 0 Å². The number of hydrogen-bond acceptors (Lipinski definition) is 4. The summed E-state index contributed by atoms with van der Waals surface area (Å²) in [5, 5.41) is 3.21. The molecule has 0 atom stereocenters. The van der Waals surface area contributed by atoms with Crippen molar-refractivity contribution < 1.29 is 4.79 Å². The quantitative estimate of drug-likeness (QED) is 0.845. The minimum absolute atomic E-state index is 0.198. The lowest BCUT2D eigenvalue weighted by Crippen LogP contribution is -2.36. The van der Waals surface area contributed by atoms with Gasteiger partial charge in [-0.25, -0.2) is 4.98 Å². The van der Waals surface area contributed by atoms with Gasteiger partial charge in [-0.2, -0.15) is 0 Å². The molecule has 1 amide bonds. The number of nitrogens with zero attached hydrogens (tertiary/aromatic N) is 3. The van der Waals surface area contributed by atoms with Crippen LogP contribution in [0.1, 0.15) is 41.1 Å². The largest absolute Gasteiger partial charge is 0.338 e. The van der Waals surface area contributed by atoms with Crippen LogP contribution in [-0.4, -0.2) is 40.3 Å². The average molecular weight is 356 g/mol. The highest BCUT2D eigenvalue weighted by Crippen LogP contribution is 2.20.